The number of likely N-dealkylation sites (tertiary alicyclic amines) is 1. The number of hydrogen-bond donors (Lipinski definition) is 1. The smallest absolute Gasteiger partial charge is 0.230 e. The minimum Gasteiger partial charge on any atom is -0.353 e. The van der Waals surface area contributed by atoms with Crippen molar-refractivity contribution in [2.75, 3.05) is 19.6 Å². The fourth-order valence-electron chi connectivity index (χ4n) is 4.10. The maximum absolute atomic E-state index is 13.0. The number of nitrogens with one attached hydrogen (secondary N) is 1. The van der Waals surface area contributed by atoms with E-state index in [2.05, 4.69) is 68.6 Å². The van der Waals surface area contributed by atoms with Crippen molar-refractivity contribution in [3.8, 4) is 0 Å². The summed E-state index contributed by atoms with van der Waals surface area (Å²) in [4.78, 5) is 15.6. The molecule has 1 saturated carbocycles. The lowest BCUT2D eigenvalue weighted by atomic mass is 9.94. The number of hydrogen-bond acceptors (Lipinski definition) is 2. The van der Waals surface area contributed by atoms with E-state index < -0.39 is 0 Å². The zero-order chi connectivity index (χ0) is 18.0. The molecule has 2 fully saturated rings. The molecule has 1 saturated heterocycles. The highest BCUT2D eigenvalue weighted by Gasteiger charge is 2.51. The van der Waals surface area contributed by atoms with Crippen LogP contribution >= 0.6 is 15.9 Å². The SMILES string of the molecule is O=C(NCC(c1ccccc1)N1CCCC1)C1(c2cccc(Br)c2)CC1. The molecule has 1 aliphatic heterocycles. The molecule has 0 aromatic heterocycles. The Bertz CT molecular complexity index is 767. The summed E-state index contributed by atoms with van der Waals surface area (Å²) >= 11 is 3.53. The Hall–Kier alpha value is -1.65. The van der Waals surface area contributed by atoms with Gasteiger partial charge in [-0.2, -0.15) is 0 Å². The number of nitrogens with zero attached hydrogens (tertiary/aromatic N) is 1. The average Bonchev–Trinajstić information content (AvgIpc) is 3.31. The average molecular weight is 413 g/mol. The quantitative estimate of drug-likeness (QED) is 0.760. The summed E-state index contributed by atoms with van der Waals surface area (Å²) in [5.41, 5.74) is 2.10. The van der Waals surface area contributed by atoms with Gasteiger partial charge in [-0.15, -0.1) is 0 Å². The predicted octanol–water partition coefficient (Wildman–Crippen LogP) is 4.43. The zero-order valence-electron chi connectivity index (χ0n) is 15.0. The molecule has 0 bridgehead atoms. The molecule has 4 heteroatoms. The highest BCUT2D eigenvalue weighted by molar-refractivity contribution is 9.10. The summed E-state index contributed by atoms with van der Waals surface area (Å²) in [5.74, 6) is 0.177. The Labute approximate surface area is 163 Å². The molecule has 26 heavy (non-hydrogen) atoms. The van der Waals surface area contributed by atoms with E-state index in [-0.39, 0.29) is 17.4 Å². The molecule has 1 atom stereocenters. The molecule has 136 valence electrons. The van der Waals surface area contributed by atoms with Crippen LogP contribution in [0.3, 0.4) is 0 Å². The fraction of sp³-hybridized carbons (Fsp3) is 0.409. The van der Waals surface area contributed by atoms with Crippen LogP contribution in [0.25, 0.3) is 0 Å². The van der Waals surface area contributed by atoms with Crippen LogP contribution in [0.1, 0.15) is 42.9 Å². The van der Waals surface area contributed by atoms with Crippen LogP contribution in [0.15, 0.2) is 59.1 Å². The molecule has 1 aliphatic carbocycles. The normalized spacial score (nSPS) is 19.9. The number of rotatable bonds is 6. The summed E-state index contributed by atoms with van der Waals surface area (Å²) in [6, 6.07) is 19.0. The molecule has 0 spiro atoms. The van der Waals surface area contributed by atoms with Gasteiger partial charge in [-0.3, -0.25) is 9.69 Å². The van der Waals surface area contributed by atoms with Gasteiger partial charge in [-0.05, 0) is 62.0 Å². The van der Waals surface area contributed by atoms with E-state index in [0.29, 0.717) is 6.54 Å². The molecular formula is C22H25BrN2O. The maximum Gasteiger partial charge on any atom is 0.230 e. The van der Waals surface area contributed by atoms with Crippen molar-refractivity contribution in [3.63, 3.8) is 0 Å². The van der Waals surface area contributed by atoms with Gasteiger partial charge >= 0.3 is 0 Å². The first-order valence-electron chi connectivity index (χ1n) is 9.52. The van der Waals surface area contributed by atoms with E-state index in [1.165, 1.54) is 18.4 Å². The molecule has 0 radical (unpaired) electrons. The molecule has 1 amide bonds. The third kappa shape index (κ3) is 3.58. The van der Waals surface area contributed by atoms with E-state index in [1.807, 2.05) is 12.1 Å². The molecule has 2 aliphatic rings. The van der Waals surface area contributed by atoms with Crippen LogP contribution in [-0.4, -0.2) is 30.4 Å². The first-order chi connectivity index (χ1) is 12.7. The topological polar surface area (TPSA) is 32.3 Å². The van der Waals surface area contributed by atoms with Crippen LogP contribution in [0.5, 0.6) is 0 Å². The Morgan fingerprint density at radius 1 is 1.08 bits per heavy atom. The molecule has 3 nitrogen and oxygen atoms in total. The van der Waals surface area contributed by atoms with Gasteiger partial charge in [0.15, 0.2) is 0 Å². The number of benzene rings is 2. The van der Waals surface area contributed by atoms with E-state index >= 15 is 0 Å². The minimum atomic E-state index is -0.323. The van der Waals surface area contributed by atoms with Gasteiger partial charge in [0.2, 0.25) is 5.91 Å². The van der Waals surface area contributed by atoms with Gasteiger partial charge in [0, 0.05) is 11.0 Å². The molecule has 2 aromatic carbocycles. The predicted molar refractivity (Wildman–Crippen MR) is 108 cm³/mol. The van der Waals surface area contributed by atoms with Crippen molar-refractivity contribution in [1.82, 2.24) is 10.2 Å². The summed E-state index contributed by atoms with van der Waals surface area (Å²) in [6.45, 7) is 2.91. The lowest BCUT2D eigenvalue weighted by Crippen LogP contribution is -2.41. The van der Waals surface area contributed by atoms with E-state index in [0.717, 1.165) is 36.0 Å². The van der Waals surface area contributed by atoms with Crippen molar-refractivity contribution in [2.45, 2.75) is 37.1 Å². The largest absolute Gasteiger partial charge is 0.353 e. The summed E-state index contributed by atoms with van der Waals surface area (Å²) < 4.78 is 1.04. The Morgan fingerprint density at radius 3 is 2.46 bits per heavy atom. The van der Waals surface area contributed by atoms with Gasteiger partial charge in [-0.1, -0.05) is 58.4 Å². The Morgan fingerprint density at radius 2 is 1.81 bits per heavy atom. The van der Waals surface area contributed by atoms with Crippen LogP contribution in [-0.2, 0) is 10.2 Å². The summed E-state index contributed by atoms with van der Waals surface area (Å²) in [7, 11) is 0. The third-order valence-corrected chi connectivity index (χ3v) is 6.28. The van der Waals surface area contributed by atoms with E-state index in [9.17, 15) is 4.79 Å². The highest BCUT2D eigenvalue weighted by Crippen LogP contribution is 2.49. The molecule has 1 N–H and O–H groups in total. The lowest BCUT2D eigenvalue weighted by Gasteiger charge is -2.29. The van der Waals surface area contributed by atoms with Gasteiger partial charge < -0.3 is 5.32 Å². The maximum atomic E-state index is 13.0. The Balaban J connectivity index is 1.48. The molecule has 1 unspecified atom stereocenters. The standard InChI is InChI=1S/C22H25BrN2O/c23-19-10-6-9-18(15-19)22(11-12-22)21(26)24-16-20(25-13-4-5-14-25)17-7-2-1-3-8-17/h1-3,6-10,15,20H,4-5,11-14,16H2,(H,24,26). The fourth-order valence-corrected chi connectivity index (χ4v) is 4.50. The second kappa shape index (κ2) is 7.53. The Kier molecular flexibility index (Phi) is 5.14. The first-order valence-corrected chi connectivity index (χ1v) is 10.3. The highest BCUT2D eigenvalue weighted by atomic mass is 79.9. The van der Waals surface area contributed by atoms with Crippen LogP contribution in [0.4, 0.5) is 0 Å². The summed E-state index contributed by atoms with van der Waals surface area (Å²) in [6.07, 6.45) is 4.38. The second-order valence-corrected chi connectivity index (χ2v) is 8.39. The van der Waals surface area contributed by atoms with Gasteiger partial charge in [0.05, 0.1) is 11.5 Å². The summed E-state index contributed by atoms with van der Waals surface area (Å²) in [5, 5.41) is 3.28. The van der Waals surface area contributed by atoms with E-state index in [4.69, 9.17) is 0 Å². The van der Waals surface area contributed by atoms with Gasteiger partial charge in [-0.25, -0.2) is 0 Å². The zero-order valence-corrected chi connectivity index (χ0v) is 16.5. The van der Waals surface area contributed by atoms with Crippen molar-refractivity contribution >= 4 is 21.8 Å². The third-order valence-electron chi connectivity index (χ3n) is 5.78. The first kappa shape index (κ1) is 17.7. The lowest BCUT2D eigenvalue weighted by molar-refractivity contribution is -0.123. The van der Waals surface area contributed by atoms with Crippen LogP contribution in [0.2, 0.25) is 0 Å². The minimum absolute atomic E-state index is 0.177. The van der Waals surface area contributed by atoms with Crippen LogP contribution < -0.4 is 5.32 Å². The number of halogens is 1. The monoisotopic (exact) mass is 412 g/mol. The number of amides is 1. The number of carbonyl (C=O) groups excluding carboxylic acids is 1. The van der Waals surface area contributed by atoms with Gasteiger partial charge in [0.1, 0.15) is 0 Å². The van der Waals surface area contributed by atoms with Crippen molar-refractivity contribution in [1.29, 1.82) is 0 Å². The van der Waals surface area contributed by atoms with Gasteiger partial charge in [0.25, 0.3) is 0 Å². The van der Waals surface area contributed by atoms with Crippen molar-refractivity contribution in [2.24, 2.45) is 0 Å². The second-order valence-electron chi connectivity index (χ2n) is 7.47. The van der Waals surface area contributed by atoms with Crippen molar-refractivity contribution in [3.05, 3.63) is 70.2 Å². The molecule has 2 aromatic rings. The van der Waals surface area contributed by atoms with Crippen LogP contribution in [0, 0.1) is 0 Å². The number of carbonyl (C=O) groups is 1. The van der Waals surface area contributed by atoms with Crippen molar-refractivity contribution < 1.29 is 4.79 Å². The molecular weight excluding hydrogens is 388 g/mol. The van der Waals surface area contributed by atoms with E-state index in [1.54, 1.807) is 0 Å². The molecule has 4 rings (SSSR count). The molecule has 1 heterocycles.